The van der Waals surface area contributed by atoms with Gasteiger partial charge in [0.25, 0.3) is 0 Å². The van der Waals surface area contributed by atoms with Gasteiger partial charge in [-0.25, -0.2) is 0 Å². The van der Waals surface area contributed by atoms with E-state index in [1.807, 2.05) is 12.1 Å². The van der Waals surface area contributed by atoms with Gasteiger partial charge in [-0.3, -0.25) is 4.90 Å². The third-order valence-corrected chi connectivity index (χ3v) is 5.02. The van der Waals surface area contributed by atoms with Crippen LogP contribution in [0.1, 0.15) is 25.7 Å². The van der Waals surface area contributed by atoms with Crippen molar-refractivity contribution < 1.29 is 0 Å². The molecule has 3 rings (SSSR count). The first-order valence-corrected chi connectivity index (χ1v) is 8.10. The summed E-state index contributed by atoms with van der Waals surface area (Å²) in [4.78, 5) is 5.12. The summed E-state index contributed by atoms with van der Waals surface area (Å²) >= 11 is 5.95. The van der Waals surface area contributed by atoms with Crippen LogP contribution >= 0.6 is 11.6 Å². The lowest BCUT2D eigenvalue weighted by Gasteiger charge is -2.42. The highest BCUT2D eigenvalue weighted by atomic mass is 35.5. The molecule has 0 unspecified atom stereocenters. The minimum Gasteiger partial charge on any atom is -0.369 e. The van der Waals surface area contributed by atoms with Crippen molar-refractivity contribution >= 4 is 17.3 Å². The predicted molar refractivity (Wildman–Crippen MR) is 85.5 cm³/mol. The lowest BCUT2D eigenvalue weighted by atomic mass is 9.90. The zero-order valence-electron chi connectivity index (χ0n) is 12.0. The van der Waals surface area contributed by atoms with Gasteiger partial charge in [0, 0.05) is 49.0 Å². The fourth-order valence-electron chi connectivity index (χ4n) is 3.46. The van der Waals surface area contributed by atoms with Crippen LogP contribution in [-0.2, 0) is 0 Å². The molecule has 3 nitrogen and oxygen atoms in total. The van der Waals surface area contributed by atoms with E-state index in [9.17, 15) is 0 Å². The zero-order chi connectivity index (χ0) is 13.9. The number of benzene rings is 1. The maximum absolute atomic E-state index is 6.00. The molecule has 0 radical (unpaired) electrons. The van der Waals surface area contributed by atoms with Crippen LogP contribution in [-0.4, -0.2) is 43.2 Å². The Morgan fingerprint density at radius 3 is 2.10 bits per heavy atom. The molecule has 0 amide bonds. The van der Waals surface area contributed by atoms with E-state index in [1.54, 1.807) is 0 Å². The molecule has 0 aromatic heterocycles. The molecule has 0 atom stereocenters. The van der Waals surface area contributed by atoms with Crippen LogP contribution in [0.15, 0.2) is 24.3 Å². The molecule has 4 heteroatoms. The highest BCUT2D eigenvalue weighted by molar-refractivity contribution is 6.30. The second-order valence-electron chi connectivity index (χ2n) is 6.07. The zero-order valence-corrected chi connectivity index (χ0v) is 12.7. The Bertz CT molecular complexity index is 418. The molecular formula is C16H24ClN3. The summed E-state index contributed by atoms with van der Waals surface area (Å²) in [6.45, 7) is 4.57. The summed E-state index contributed by atoms with van der Waals surface area (Å²) in [6.07, 6.45) is 4.95. The first-order chi connectivity index (χ1) is 9.72. The SMILES string of the molecule is NC1CCC(N2CCN(c3ccc(Cl)cc3)CC2)CC1. The molecule has 1 aliphatic carbocycles. The van der Waals surface area contributed by atoms with Crippen molar-refractivity contribution in [1.29, 1.82) is 0 Å². The minimum absolute atomic E-state index is 0.446. The average molecular weight is 294 g/mol. The molecule has 0 spiro atoms. The lowest BCUT2D eigenvalue weighted by molar-refractivity contribution is 0.142. The molecule has 2 aliphatic rings. The number of rotatable bonds is 2. The number of hydrogen-bond donors (Lipinski definition) is 1. The van der Waals surface area contributed by atoms with E-state index in [2.05, 4.69) is 21.9 Å². The number of anilines is 1. The summed E-state index contributed by atoms with van der Waals surface area (Å²) in [5, 5.41) is 0.811. The fraction of sp³-hybridized carbons (Fsp3) is 0.625. The first-order valence-electron chi connectivity index (χ1n) is 7.72. The Kier molecular flexibility index (Phi) is 4.49. The van der Waals surface area contributed by atoms with Gasteiger partial charge >= 0.3 is 0 Å². The topological polar surface area (TPSA) is 32.5 Å². The summed E-state index contributed by atoms with van der Waals surface area (Å²) in [5.41, 5.74) is 7.29. The number of nitrogens with two attached hydrogens (primary N) is 1. The van der Waals surface area contributed by atoms with Gasteiger partial charge in [-0.2, -0.15) is 0 Å². The van der Waals surface area contributed by atoms with Crippen LogP contribution in [0.25, 0.3) is 0 Å². The van der Waals surface area contributed by atoms with E-state index in [0.29, 0.717) is 6.04 Å². The number of hydrogen-bond acceptors (Lipinski definition) is 3. The van der Waals surface area contributed by atoms with Crippen LogP contribution < -0.4 is 10.6 Å². The molecule has 1 heterocycles. The van der Waals surface area contributed by atoms with Crippen LogP contribution in [0.4, 0.5) is 5.69 Å². The van der Waals surface area contributed by atoms with Crippen molar-refractivity contribution in [2.75, 3.05) is 31.1 Å². The molecule has 1 aliphatic heterocycles. The largest absolute Gasteiger partial charge is 0.369 e. The minimum atomic E-state index is 0.446. The van der Waals surface area contributed by atoms with Crippen molar-refractivity contribution in [3.8, 4) is 0 Å². The second kappa shape index (κ2) is 6.33. The highest BCUT2D eigenvalue weighted by Gasteiger charge is 2.27. The molecule has 1 aromatic rings. The van der Waals surface area contributed by atoms with Crippen LogP contribution in [0, 0.1) is 0 Å². The molecule has 20 heavy (non-hydrogen) atoms. The molecular weight excluding hydrogens is 270 g/mol. The van der Waals surface area contributed by atoms with Crippen molar-refractivity contribution in [1.82, 2.24) is 4.90 Å². The van der Waals surface area contributed by atoms with E-state index < -0.39 is 0 Å². The second-order valence-corrected chi connectivity index (χ2v) is 6.50. The Balaban J connectivity index is 1.53. The average Bonchev–Trinajstić information content (AvgIpc) is 2.49. The van der Waals surface area contributed by atoms with Gasteiger partial charge in [-0.05, 0) is 49.9 Å². The monoisotopic (exact) mass is 293 g/mol. The van der Waals surface area contributed by atoms with Crippen LogP contribution in [0.2, 0.25) is 5.02 Å². The van der Waals surface area contributed by atoms with Gasteiger partial charge in [-0.15, -0.1) is 0 Å². The number of halogens is 1. The van der Waals surface area contributed by atoms with E-state index in [1.165, 1.54) is 44.5 Å². The van der Waals surface area contributed by atoms with Gasteiger partial charge in [0.2, 0.25) is 0 Å². The summed E-state index contributed by atoms with van der Waals surface area (Å²) < 4.78 is 0. The highest BCUT2D eigenvalue weighted by Crippen LogP contribution is 2.25. The van der Waals surface area contributed by atoms with Crippen molar-refractivity contribution in [2.45, 2.75) is 37.8 Å². The molecule has 1 saturated heterocycles. The van der Waals surface area contributed by atoms with Crippen LogP contribution in [0.5, 0.6) is 0 Å². The maximum Gasteiger partial charge on any atom is 0.0407 e. The van der Waals surface area contributed by atoms with Crippen molar-refractivity contribution in [3.63, 3.8) is 0 Å². The predicted octanol–water partition coefficient (Wildman–Crippen LogP) is 2.73. The summed E-state index contributed by atoms with van der Waals surface area (Å²) in [7, 11) is 0. The Hall–Kier alpha value is -0.770. The molecule has 2 fully saturated rings. The van der Waals surface area contributed by atoms with Gasteiger partial charge in [0.15, 0.2) is 0 Å². The van der Waals surface area contributed by atoms with Crippen molar-refractivity contribution in [3.05, 3.63) is 29.3 Å². The van der Waals surface area contributed by atoms with Gasteiger partial charge < -0.3 is 10.6 Å². The smallest absolute Gasteiger partial charge is 0.0407 e. The number of nitrogens with zero attached hydrogens (tertiary/aromatic N) is 2. The Morgan fingerprint density at radius 2 is 1.50 bits per heavy atom. The van der Waals surface area contributed by atoms with E-state index >= 15 is 0 Å². The maximum atomic E-state index is 6.00. The third-order valence-electron chi connectivity index (χ3n) is 4.76. The lowest BCUT2D eigenvalue weighted by Crippen LogP contribution is -2.51. The fourth-order valence-corrected chi connectivity index (χ4v) is 3.59. The summed E-state index contributed by atoms with van der Waals surface area (Å²) in [5.74, 6) is 0. The quantitative estimate of drug-likeness (QED) is 0.910. The standard InChI is InChI=1S/C16H24ClN3/c17-13-1-5-15(6-2-13)19-9-11-20(12-10-19)16-7-3-14(18)4-8-16/h1-2,5-6,14,16H,3-4,7-12,18H2. The van der Waals surface area contributed by atoms with Gasteiger partial charge in [0.05, 0.1) is 0 Å². The summed E-state index contributed by atoms with van der Waals surface area (Å²) in [6, 6.07) is 9.41. The van der Waals surface area contributed by atoms with E-state index in [-0.39, 0.29) is 0 Å². The normalized spacial score (nSPS) is 28.6. The molecule has 1 aromatic carbocycles. The van der Waals surface area contributed by atoms with E-state index in [0.717, 1.165) is 24.2 Å². The van der Waals surface area contributed by atoms with Gasteiger partial charge in [-0.1, -0.05) is 11.6 Å². The molecule has 1 saturated carbocycles. The Morgan fingerprint density at radius 1 is 0.900 bits per heavy atom. The van der Waals surface area contributed by atoms with E-state index in [4.69, 9.17) is 17.3 Å². The molecule has 0 bridgehead atoms. The van der Waals surface area contributed by atoms with Crippen molar-refractivity contribution in [2.24, 2.45) is 5.73 Å². The first kappa shape index (κ1) is 14.2. The Labute approximate surface area is 126 Å². The molecule has 2 N–H and O–H groups in total. The third kappa shape index (κ3) is 3.27. The molecule has 110 valence electrons. The number of piperazine rings is 1. The van der Waals surface area contributed by atoms with Gasteiger partial charge in [0.1, 0.15) is 0 Å². The van der Waals surface area contributed by atoms with Crippen LogP contribution in [0.3, 0.4) is 0 Å².